The topological polar surface area (TPSA) is 64.1 Å². The lowest BCUT2D eigenvalue weighted by Gasteiger charge is -2.07. The third-order valence-corrected chi connectivity index (χ3v) is 2.18. The van der Waals surface area contributed by atoms with Gasteiger partial charge in [-0.1, -0.05) is 6.07 Å². The van der Waals surface area contributed by atoms with Gasteiger partial charge >= 0.3 is 0 Å². The Balaban J connectivity index is 2.64. The molecule has 1 aromatic carbocycles. The largest absolute Gasteiger partial charge is 0.478 e. The highest BCUT2D eigenvalue weighted by atomic mass is 16.5. The average Bonchev–Trinajstić information content (AvgIpc) is 2.29. The Labute approximate surface area is 92.5 Å². The van der Waals surface area contributed by atoms with Crippen LogP contribution >= 0.6 is 0 Å². The van der Waals surface area contributed by atoms with Gasteiger partial charge in [-0.15, -0.1) is 0 Å². The van der Waals surface area contributed by atoms with Crippen molar-refractivity contribution in [2.75, 3.05) is 12.4 Å². The Morgan fingerprint density at radius 2 is 2.12 bits per heavy atom. The fourth-order valence-corrected chi connectivity index (χ4v) is 1.44. The lowest BCUT2D eigenvalue weighted by atomic mass is 10.2. The Kier molecular flexibility index (Phi) is 2.68. The molecule has 0 atom stereocenters. The van der Waals surface area contributed by atoms with Crippen LogP contribution in [0.4, 0.5) is 5.82 Å². The van der Waals surface area contributed by atoms with E-state index in [2.05, 4.69) is 15.3 Å². The van der Waals surface area contributed by atoms with Crippen molar-refractivity contribution in [1.29, 1.82) is 0 Å². The normalized spacial score (nSPS) is 10.1. The van der Waals surface area contributed by atoms with Gasteiger partial charge in [-0.2, -0.15) is 0 Å². The van der Waals surface area contributed by atoms with Gasteiger partial charge in [-0.05, 0) is 24.6 Å². The fraction of sp³-hybridized carbons (Fsp3) is 0.182. The Morgan fingerprint density at radius 3 is 2.81 bits per heavy atom. The van der Waals surface area contributed by atoms with Gasteiger partial charge in [0.2, 0.25) is 6.41 Å². The summed E-state index contributed by atoms with van der Waals surface area (Å²) in [6, 6.07) is 5.71. The van der Waals surface area contributed by atoms with Gasteiger partial charge in [-0.25, -0.2) is 9.97 Å². The summed E-state index contributed by atoms with van der Waals surface area (Å²) < 4.78 is 5.05. The molecule has 0 spiro atoms. The third-order valence-electron chi connectivity index (χ3n) is 2.18. The minimum atomic E-state index is 0.310. The third kappa shape index (κ3) is 1.79. The number of aromatic nitrogens is 2. The zero-order chi connectivity index (χ0) is 11.5. The highest BCUT2D eigenvalue weighted by Gasteiger charge is 2.08. The van der Waals surface area contributed by atoms with Crippen LogP contribution in [0.3, 0.4) is 0 Å². The molecule has 1 aromatic heterocycles. The molecule has 1 N–H and O–H groups in total. The van der Waals surface area contributed by atoms with Crippen molar-refractivity contribution in [3.63, 3.8) is 0 Å². The van der Waals surface area contributed by atoms with E-state index < -0.39 is 0 Å². The summed E-state index contributed by atoms with van der Waals surface area (Å²) in [5.41, 5.74) is 2.56. The number of nitrogens with one attached hydrogen (secondary N) is 1. The molecule has 2 rings (SSSR count). The maximum absolute atomic E-state index is 10.4. The molecule has 2 aromatic rings. The van der Waals surface area contributed by atoms with E-state index in [4.69, 9.17) is 4.74 Å². The van der Waals surface area contributed by atoms with E-state index in [0.717, 1.165) is 16.6 Å². The maximum Gasteiger partial charge on any atom is 0.258 e. The Morgan fingerprint density at radius 1 is 1.31 bits per heavy atom. The van der Waals surface area contributed by atoms with E-state index in [1.165, 1.54) is 7.11 Å². The number of nitrogens with zero attached hydrogens (tertiary/aromatic N) is 2. The van der Waals surface area contributed by atoms with Crippen molar-refractivity contribution in [1.82, 2.24) is 9.97 Å². The van der Waals surface area contributed by atoms with Crippen molar-refractivity contribution in [3.05, 3.63) is 23.8 Å². The number of anilines is 1. The van der Waals surface area contributed by atoms with Crippen molar-refractivity contribution in [3.8, 4) is 5.88 Å². The van der Waals surface area contributed by atoms with Gasteiger partial charge in [0.1, 0.15) is 0 Å². The van der Waals surface area contributed by atoms with Crippen molar-refractivity contribution < 1.29 is 9.53 Å². The highest BCUT2D eigenvalue weighted by molar-refractivity contribution is 5.81. The summed E-state index contributed by atoms with van der Waals surface area (Å²) in [7, 11) is 1.49. The smallest absolute Gasteiger partial charge is 0.258 e. The number of ether oxygens (including phenoxy) is 1. The molecule has 5 nitrogen and oxygen atoms in total. The van der Waals surface area contributed by atoms with Gasteiger partial charge in [-0.3, -0.25) is 4.79 Å². The maximum atomic E-state index is 10.4. The van der Waals surface area contributed by atoms with Gasteiger partial charge in [0.25, 0.3) is 5.88 Å². The van der Waals surface area contributed by atoms with E-state index in [0.29, 0.717) is 18.1 Å². The molecule has 0 saturated carbocycles. The van der Waals surface area contributed by atoms with E-state index in [9.17, 15) is 4.79 Å². The quantitative estimate of drug-likeness (QED) is 0.791. The summed E-state index contributed by atoms with van der Waals surface area (Å²) in [4.78, 5) is 18.9. The lowest BCUT2D eigenvalue weighted by Crippen LogP contribution is -2.02. The highest BCUT2D eigenvalue weighted by Crippen LogP contribution is 2.23. The van der Waals surface area contributed by atoms with E-state index in [1.807, 2.05) is 25.1 Å². The second kappa shape index (κ2) is 4.14. The molecule has 16 heavy (non-hydrogen) atoms. The molecule has 1 amide bonds. The van der Waals surface area contributed by atoms with Crippen molar-refractivity contribution in [2.45, 2.75) is 6.92 Å². The van der Waals surface area contributed by atoms with Crippen LogP contribution in [0.5, 0.6) is 5.88 Å². The number of amides is 1. The molecule has 0 aliphatic carbocycles. The SMILES string of the molecule is COc1nc2cc(C)ccc2nc1NC=O. The first-order valence-corrected chi connectivity index (χ1v) is 4.77. The second-order valence-corrected chi connectivity index (χ2v) is 3.34. The molecule has 0 fully saturated rings. The molecule has 0 aliphatic heterocycles. The predicted molar refractivity (Wildman–Crippen MR) is 60.5 cm³/mol. The standard InChI is InChI=1S/C11H11N3O2/c1-7-3-4-8-9(5-7)14-11(16-2)10(13-8)12-6-15/h3-6H,1-2H3,(H,12,13,15). The number of hydrogen-bond donors (Lipinski definition) is 1. The van der Waals surface area contributed by atoms with Crippen LogP contribution in [0.15, 0.2) is 18.2 Å². The molecule has 5 heteroatoms. The number of aryl methyl sites for hydroxylation is 1. The number of carbonyl (C=O) groups excluding carboxylic acids is 1. The number of hydrogen-bond acceptors (Lipinski definition) is 4. The van der Waals surface area contributed by atoms with Crippen LogP contribution in [-0.2, 0) is 4.79 Å². The van der Waals surface area contributed by atoms with Gasteiger partial charge < -0.3 is 10.1 Å². The summed E-state index contributed by atoms with van der Waals surface area (Å²) >= 11 is 0. The molecule has 0 saturated heterocycles. The number of methoxy groups -OCH3 is 1. The van der Waals surface area contributed by atoms with E-state index in [-0.39, 0.29) is 0 Å². The van der Waals surface area contributed by atoms with Crippen LogP contribution in [0, 0.1) is 6.92 Å². The van der Waals surface area contributed by atoms with Crippen LogP contribution in [0.1, 0.15) is 5.56 Å². The second-order valence-electron chi connectivity index (χ2n) is 3.34. The summed E-state index contributed by atoms with van der Waals surface area (Å²) in [6.45, 7) is 1.98. The fourth-order valence-electron chi connectivity index (χ4n) is 1.44. The van der Waals surface area contributed by atoms with Crippen LogP contribution in [-0.4, -0.2) is 23.5 Å². The molecular weight excluding hydrogens is 206 g/mol. The van der Waals surface area contributed by atoms with Crippen molar-refractivity contribution in [2.24, 2.45) is 0 Å². The molecule has 1 heterocycles. The van der Waals surface area contributed by atoms with Gasteiger partial charge in [0.05, 0.1) is 18.1 Å². The van der Waals surface area contributed by atoms with E-state index in [1.54, 1.807) is 0 Å². The van der Waals surface area contributed by atoms with Crippen molar-refractivity contribution >= 4 is 23.3 Å². The summed E-state index contributed by atoms with van der Waals surface area (Å²) in [5.74, 6) is 0.638. The first kappa shape index (κ1) is 10.4. The molecule has 0 radical (unpaired) electrons. The minimum absolute atomic E-state index is 0.310. The first-order chi connectivity index (χ1) is 7.74. The lowest BCUT2D eigenvalue weighted by molar-refractivity contribution is -0.105. The van der Waals surface area contributed by atoms with Crippen LogP contribution in [0.25, 0.3) is 11.0 Å². The minimum Gasteiger partial charge on any atom is -0.478 e. The van der Waals surface area contributed by atoms with Gasteiger partial charge in [0, 0.05) is 0 Å². The molecule has 0 bridgehead atoms. The zero-order valence-electron chi connectivity index (χ0n) is 9.02. The Bertz CT molecular complexity index is 540. The summed E-state index contributed by atoms with van der Waals surface area (Å²) in [6.07, 6.45) is 0.548. The molecule has 0 aliphatic rings. The number of carbonyl (C=O) groups is 1. The summed E-state index contributed by atoms with van der Waals surface area (Å²) in [5, 5.41) is 2.45. The van der Waals surface area contributed by atoms with E-state index >= 15 is 0 Å². The van der Waals surface area contributed by atoms with Crippen LogP contribution in [0.2, 0.25) is 0 Å². The number of benzene rings is 1. The Hall–Kier alpha value is -2.17. The number of rotatable bonds is 3. The van der Waals surface area contributed by atoms with Gasteiger partial charge in [0.15, 0.2) is 5.82 Å². The molecular formula is C11H11N3O2. The predicted octanol–water partition coefficient (Wildman–Crippen LogP) is 1.52. The molecule has 82 valence electrons. The zero-order valence-corrected chi connectivity index (χ0v) is 9.02. The van der Waals surface area contributed by atoms with Crippen LogP contribution < -0.4 is 10.1 Å². The number of fused-ring (bicyclic) bond motifs is 1. The molecule has 0 unspecified atom stereocenters. The monoisotopic (exact) mass is 217 g/mol. The average molecular weight is 217 g/mol. The first-order valence-electron chi connectivity index (χ1n) is 4.77.